The second-order valence-electron chi connectivity index (χ2n) is 6.43. The molecular formula is C17H25NS. The summed E-state index contributed by atoms with van der Waals surface area (Å²) in [5.41, 5.74) is 3.27. The highest BCUT2D eigenvalue weighted by Crippen LogP contribution is 2.46. The maximum Gasteiger partial charge on any atom is 0.0110 e. The monoisotopic (exact) mass is 275 g/mol. The van der Waals surface area contributed by atoms with Gasteiger partial charge >= 0.3 is 0 Å². The summed E-state index contributed by atoms with van der Waals surface area (Å²) in [6, 6.07) is 7.73. The average molecular weight is 275 g/mol. The fraction of sp³-hybridized carbons (Fsp3) is 0.647. The number of likely N-dealkylation sites (tertiary alicyclic amines) is 1. The predicted molar refractivity (Wildman–Crippen MR) is 84.3 cm³/mol. The minimum absolute atomic E-state index is 0.650. The van der Waals surface area contributed by atoms with E-state index in [0.717, 1.165) is 12.0 Å². The van der Waals surface area contributed by atoms with Crippen molar-refractivity contribution >= 4 is 11.8 Å². The molecule has 0 radical (unpaired) electrons. The maximum absolute atomic E-state index is 2.57. The summed E-state index contributed by atoms with van der Waals surface area (Å²) in [6.45, 7) is 5.96. The molecule has 104 valence electrons. The molecule has 0 bridgehead atoms. The van der Waals surface area contributed by atoms with E-state index in [9.17, 15) is 0 Å². The zero-order valence-electron chi connectivity index (χ0n) is 12.4. The Morgan fingerprint density at radius 1 is 1.37 bits per heavy atom. The molecule has 2 aliphatic rings. The minimum atomic E-state index is 0.650. The average Bonchev–Trinajstić information content (AvgIpc) is 2.97. The lowest BCUT2D eigenvalue weighted by atomic mass is 9.86. The van der Waals surface area contributed by atoms with Crippen LogP contribution < -0.4 is 0 Å². The molecule has 19 heavy (non-hydrogen) atoms. The van der Waals surface area contributed by atoms with Crippen molar-refractivity contribution in [3.8, 4) is 0 Å². The molecule has 2 heteroatoms. The van der Waals surface area contributed by atoms with Gasteiger partial charge in [0.2, 0.25) is 0 Å². The van der Waals surface area contributed by atoms with Crippen LogP contribution in [0.4, 0.5) is 0 Å². The smallest absolute Gasteiger partial charge is 0.0110 e. The van der Waals surface area contributed by atoms with Crippen molar-refractivity contribution in [1.82, 2.24) is 4.90 Å². The first-order valence-electron chi connectivity index (χ1n) is 7.62. The van der Waals surface area contributed by atoms with Gasteiger partial charge < -0.3 is 4.90 Å². The lowest BCUT2D eigenvalue weighted by Gasteiger charge is -2.24. The third-order valence-electron chi connectivity index (χ3n) is 4.80. The number of hydrogen-bond donors (Lipinski definition) is 0. The van der Waals surface area contributed by atoms with Crippen LogP contribution in [0.2, 0.25) is 0 Å². The predicted octanol–water partition coefficient (Wildman–Crippen LogP) is 4.48. The lowest BCUT2D eigenvalue weighted by Crippen LogP contribution is -2.27. The van der Waals surface area contributed by atoms with Crippen molar-refractivity contribution < 1.29 is 0 Å². The number of rotatable bonds is 3. The van der Waals surface area contributed by atoms with E-state index in [-0.39, 0.29) is 0 Å². The van der Waals surface area contributed by atoms with Crippen LogP contribution in [0.5, 0.6) is 0 Å². The minimum Gasteiger partial charge on any atom is -0.303 e. The Balaban J connectivity index is 1.84. The van der Waals surface area contributed by atoms with Crippen LogP contribution in [0.1, 0.15) is 56.1 Å². The van der Waals surface area contributed by atoms with Gasteiger partial charge in [0.05, 0.1) is 0 Å². The molecule has 0 aliphatic carbocycles. The molecule has 1 fully saturated rings. The topological polar surface area (TPSA) is 3.24 Å². The van der Waals surface area contributed by atoms with Crippen molar-refractivity contribution in [3.05, 3.63) is 29.3 Å². The number of thioether (sulfide) groups is 1. The van der Waals surface area contributed by atoms with Crippen molar-refractivity contribution in [2.24, 2.45) is 0 Å². The molecule has 2 heterocycles. The molecule has 1 aromatic rings. The van der Waals surface area contributed by atoms with Crippen molar-refractivity contribution in [1.29, 1.82) is 0 Å². The quantitative estimate of drug-likeness (QED) is 0.800. The lowest BCUT2D eigenvalue weighted by molar-refractivity contribution is 0.286. The molecule has 3 rings (SSSR count). The molecule has 0 aromatic heterocycles. The molecule has 0 saturated carbocycles. The Labute approximate surface area is 121 Å². The molecule has 0 amide bonds. The van der Waals surface area contributed by atoms with E-state index >= 15 is 0 Å². The van der Waals surface area contributed by atoms with Crippen LogP contribution >= 0.6 is 11.8 Å². The van der Waals surface area contributed by atoms with E-state index < -0.39 is 0 Å². The number of nitrogens with zero attached hydrogens (tertiary/aromatic N) is 1. The summed E-state index contributed by atoms with van der Waals surface area (Å²) in [4.78, 5) is 4.12. The van der Waals surface area contributed by atoms with Gasteiger partial charge in [-0.2, -0.15) is 0 Å². The third kappa shape index (κ3) is 2.57. The largest absolute Gasteiger partial charge is 0.303 e. The van der Waals surface area contributed by atoms with Gasteiger partial charge in [-0.3, -0.25) is 0 Å². The summed E-state index contributed by atoms with van der Waals surface area (Å²) in [6.07, 6.45) is 4.15. The van der Waals surface area contributed by atoms with E-state index in [2.05, 4.69) is 55.8 Å². The van der Waals surface area contributed by atoms with Crippen LogP contribution in [0.15, 0.2) is 23.1 Å². The van der Waals surface area contributed by atoms with Crippen LogP contribution in [-0.2, 0) is 0 Å². The number of hydrogen-bond acceptors (Lipinski definition) is 2. The zero-order chi connectivity index (χ0) is 13.4. The zero-order valence-corrected chi connectivity index (χ0v) is 13.2. The second kappa shape index (κ2) is 5.49. The molecule has 0 unspecified atom stereocenters. The van der Waals surface area contributed by atoms with Crippen LogP contribution in [0.25, 0.3) is 0 Å². The summed E-state index contributed by atoms with van der Waals surface area (Å²) in [5, 5.41) is 0. The molecule has 0 spiro atoms. The Kier molecular flexibility index (Phi) is 3.91. The van der Waals surface area contributed by atoms with E-state index in [1.807, 2.05) is 0 Å². The molecule has 1 nitrogen and oxygen atoms in total. The van der Waals surface area contributed by atoms with Gasteiger partial charge in [0.1, 0.15) is 0 Å². The molecule has 2 atom stereocenters. The fourth-order valence-corrected chi connectivity index (χ4v) is 4.99. The molecule has 1 saturated heterocycles. The Morgan fingerprint density at radius 3 is 2.89 bits per heavy atom. The fourth-order valence-electron chi connectivity index (χ4n) is 3.69. The number of benzene rings is 1. The first-order chi connectivity index (χ1) is 9.16. The summed E-state index contributed by atoms with van der Waals surface area (Å²) in [5.74, 6) is 2.73. The SMILES string of the molecule is CC(C)c1cccc2c1[C@H](C[C@H]1CCCN1C)CS2. The molecule has 1 aromatic carbocycles. The Bertz CT molecular complexity index is 455. The van der Waals surface area contributed by atoms with Gasteiger partial charge in [-0.1, -0.05) is 26.0 Å². The van der Waals surface area contributed by atoms with Crippen LogP contribution in [0.3, 0.4) is 0 Å². The van der Waals surface area contributed by atoms with Gasteiger partial charge in [0.15, 0.2) is 0 Å². The van der Waals surface area contributed by atoms with Gasteiger partial charge in [0, 0.05) is 16.7 Å². The van der Waals surface area contributed by atoms with Crippen molar-refractivity contribution in [2.75, 3.05) is 19.3 Å². The van der Waals surface area contributed by atoms with Crippen LogP contribution in [-0.4, -0.2) is 30.3 Å². The summed E-state index contributed by atoms with van der Waals surface area (Å²) < 4.78 is 0. The highest BCUT2D eigenvalue weighted by Gasteiger charge is 2.31. The van der Waals surface area contributed by atoms with E-state index in [0.29, 0.717) is 5.92 Å². The highest BCUT2D eigenvalue weighted by molar-refractivity contribution is 7.99. The first-order valence-corrected chi connectivity index (χ1v) is 8.61. The van der Waals surface area contributed by atoms with Crippen molar-refractivity contribution in [3.63, 3.8) is 0 Å². The normalized spacial score (nSPS) is 27.2. The van der Waals surface area contributed by atoms with E-state index in [1.54, 1.807) is 16.0 Å². The van der Waals surface area contributed by atoms with E-state index in [4.69, 9.17) is 0 Å². The van der Waals surface area contributed by atoms with Crippen molar-refractivity contribution in [2.45, 2.75) is 55.9 Å². The Morgan fingerprint density at radius 2 is 2.21 bits per heavy atom. The van der Waals surface area contributed by atoms with Gasteiger partial charge in [-0.25, -0.2) is 0 Å². The summed E-state index contributed by atoms with van der Waals surface area (Å²) in [7, 11) is 2.30. The van der Waals surface area contributed by atoms with Gasteiger partial charge in [0.25, 0.3) is 0 Å². The van der Waals surface area contributed by atoms with Gasteiger partial charge in [-0.15, -0.1) is 11.8 Å². The molecular weight excluding hydrogens is 250 g/mol. The highest BCUT2D eigenvalue weighted by atomic mass is 32.2. The molecule has 0 N–H and O–H groups in total. The summed E-state index contributed by atoms with van der Waals surface area (Å²) >= 11 is 2.07. The first kappa shape index (κ1) is 13.5. The number of fused-ring (bicyclic) bond motifs is 1. The van der Waals surface area contributed by atoms with Crippen LogP contribution in [0, 0.1) is 0 Å². The third-order valence-corrected chi connectivity index (χ3v) is 6.03. The second-order valence-corrected chi connectivity index (χ2v) is 7.50. The Hall–Kier alpha value is -0.470. The molecule has 2 aliphatic heterocycles. The standard InChI is InChI=1S/C17H25NS/c1-12(2)15-7-4-8-16-17(15)13(11-19-16)10-14-6-5-9-18(14)3/h4,7-8,12-14H,5-6,9-11H2,1-3H3/t13-,14-/m1/s1. The van der Waals surface area contributed by atoms with Gasteiger partial charge in [-0.05, 0) is 61.9 Å². The maximum atomic E-state index is 2.57. The van der Waals surface area contributed by atoms with E-state index in [1.165, 1.54) is 31.6 Å².